The minimum absolute atomic E-state index is 0.805. The summed E-state index contributed by atoms with van der Waals surface area (Å²) < 4.78 is 2.79. The quantitative estimate of drug-likeness (QED) is 0.662. The van der Waals surface area contributed by atoms with Crippen LogP contribution in [0.15, 0.2) is 24.3 Å². The highest BCUT2D eigenvalue weighted by atomic mass is 35.5. The zero-order valence-electron chi connectivity index (χ0n) is 13.1. The van der Waals surface area contributed by atoms with Crippen molar-refractivity contribution in [3.05, 3.63) is 38.8 Å². The maximum Gasteiger partial charge on any atom is 0.204 e. The third-order valence-electron chi connectivity index (χ3n) is 4.23. The Balaban J connectivity index is 1.51. The topological polar surface area (TPSA) is 38.7 Å². The van der Waals surface area contributed by atoms with Gasteiger partial charge < -0.3 is 15.1 Å². The van der Waals surface area contributed by atoms with Gasteiger partial charge in [-0.05, 0) is 24.4 Å². The molecule has 0 atom stereocenters. The van der Waals surface area contributed by atoms with Crippen LogP contribution in [0, 0.1) is 3.95 Å². The van der Waals surface area contributed by atoms with Crippen LogP contribution in [-0.4, -0.2) is 43.0 Å². The zero-order chi connectivity index (χ0) is 16.2. The SMILES string of the molecule is CNc1nn(C[NH+]2CC[NH+](Cc3ccc(Cl)cc3)CC2)c(=S)s1. The van der Waals surface area contributed by atoms with Gasteiger partial charge in [-0.25, -0.2) is 0 Å². The van der Waals surface area contributed by atoms with E-state index in [2.05, 4.69) is 22.5 Å². The molecule has 1 aliphatic rings. The van der Waals surface area contributed by atoms with Gasteiger partial charge in [-0.15, -0.1) is 5.10 Å². The molecule has 5 nitrogen and oxygen atoms in total. The number of quaternary nitrogens is 2. The predicted octanol–water partition coefficient (Wildman–Crippen LogP) is 0.310. The average molecular weight is 372 g/mol. The van der Waals surface area contributed by atoms with Crippen LogP contribution in [0.25, 0.3) is 0 Å². The highest BCUT2D eigenvalue weighted by Gasteiger charge is 2.23. The number of benzene rings is 1. The first-order chi connectivity index (χ1) is 11.1. The molecule has 1 aromatic heterocycles. The van der Waals surface area contributed by atoms with Crippen molar-refractivity contribution in [2.24, 2.45) is 0 Å². The molecular weight excluding hydrogens is 350 g/mol. The Bertz CT molecular complexity index is 689. The maximum absolute atomic E-state index is 5.95. The predicted molar refractivity (Wildman–Crippen MR) is 97.0 cm³/mol. The van der Waals surface area contributed by atoms with Crippen molar-refractivity contribution < 1.29 is 9.80 Å². The van der Waals surface area contributed by atoms with E-state index in [4.69, 9.17) is 23.8 Å². The second-order valence-corrected chi connectivity index (χ2v) is 7.94. The molecular formula is C15H22ClN5S2+2. The number of nitrogens with one attached hydrogen (secondary N) is 3. The number of aromatic nitrogens is 2. The van der Waals surface area contributed by atoms with Gasteiger partial charge in [0, 0.05) is 17.6 Å². The molecule has 2 heterocycles. The van der Waals surface area contributed by atoms with Gasteiger partial charge in [-0.1, -0.05) is 35.1 Å². The van der Waals surface area contributed by atoms with Gasteiger partial charge in [-0.3, -0.25) is 0 Å². The van der Waals surface area contributed by atoms with Crippen LogP contribution in [0.1, 0.15) is 5.56 Å². The van der Waals surface area contributed by atoms with Gasteiger partial charge in [0.2, 0.25) is 5.13 Å². The lowest BCUT2D eigenvalue weighted by Crippen LogP contribution is -3.27. The van der Waals surface area contributed by atoms with Gasteiger partial charge in [0.05, 0.1) is 0 Å². The number of hydrogen-bond acceptors (Lipinski definition) is 4. The lowest BCUT2D eigenvalue weighted by atomic mass is 10.2. The number of rotatable bonds is 5. The van der Waals surface area contributed by atoms with Gasteiger partial charge >= 0.3 is 0 Å². The molecule has 8 heteroatoms. The van der Waals surface area contributed by atoms with E-state index in [0.717, 1.165) is 40.4 Å². The van der Waals surface area contributed by atoms with Crippen molar-refractivity contribution in [1.29, 1.82) is 0 Å². The molecule has 1 aromatic carbocycles. The molecule has 0 spiro atoms. The lowest BCUT2D eigenvalue weighted by Gasteiger charge is -2.29. The fourth-order valence-corrected chi connectivity index (χ4v) is 3.99. The Hall–Kier alpha value is -0.990. The molecule has 0 amide bonds. The Labute approximate surface area is 150 Å². The minimum atomic E-state index is 0.805. The Morgan fingerprint density at radius 2 is 1.87 bits per heavy atom. The van der Waals surface area contributed by atoms with Gasteiger partial charge in [0.25, 0.3) is 0 Å². The van der Waals surface area contributed by atoms with E-state index in [9.17, 15) is 0 Å². The van der Waals surface area contributed by atoms with Crippen LogP contribution in [0.2, 0.25) is 5.02 Å². The lowest BCUT2D eigenvalue weighted by molar-refractivity contribution is -1.03. The van der Waals surface area contributed by atoms with Crippen molar-refractivity contribution >= 4 is 40.3 Å². The minimum Gasteiger partial charge on any atom is -0.363 e. The van der Waals surface area contributed by atoms with Crippen LogP contribution in [0.4, 0.5) is 5.13 Å². The van der Waals surface area contributed by atoms with Crippen molar-refractivity contribution in [1.82, 2.24) is 9.78 Å². The fourth-order valence-electron chi connectivity index (χ4n) is 2.90. The van der Waals surface area contributed by atoms with Crippen LogP contribution in [0.3, 0.4) is 0 Å². The van der Waals surface area contributed by atoms with Crippen molar-refractivity contribution in [3.8, 4) is 0 Å². The van der Waals surface area contributed by atoms with Gasteiger partial charge in [0.15, 0.2) is 10.6 Å². The third kappa shape index (κ3) is 4.51. The standard InChI is InChI=1S/C15H20ClN5S2/c1-17-14-18-21(15(22)23-14)11-20-8-6-19(7-9-20)10-12-2-4-13(16)5-3-12/h2-5H,6-11H2,1H3,(H,17,18)/p+2. The van der Waals surface area contributed by atoms with Crippen LogP contribution < -0.4 is 15.1 Å². The summed E-state index contributed by atoms with van der Waals surface area (Å²) in [6.07, 6.45) is 0. The molecule has 0 unspecified atom stereocenters. The first-order valence-corrected chi connectivity index (χ1v) is 9.41. The fraction of sp³-hybridized carbons (Fsp3) is 0.467. The summed E-state index contributed by atoms with van der Waals surface area (Å²) in [5.41, 5.74) is 1.35. The molecule has 124 valence electrons. The molecule has 0 saturated carbocycles. The highest BCUT2D eigenvalue weighted by Crippen LogP contribution is 2.12. The summed E-state index contributed by atoms with van der Waals surface area (Å²) in [5, 5.41) is 9.25. The molecule has 1 saturated heterocycles. The number of anilines is 1. The van der Waals surface area contributed by atoms with Crippen molar-refractivity contribution in [2.45, 2.75) is 13.2 Å². The van der Waals surface area contributed by atoms with E-state index in [1.807, 2.05) is 23.9 Å². The molecule has 1 aliphatic heterocycles. The summed E-state index contributed by atoms with van der Waals surface area (Å²) in [5.74, 6) is 0. The van der Waals surface area contributed by atoms with E-state index < -0.39 is 0 Å². The smallest absolute Gasteiger partial charge is 0.204 e. The monoisotopic (exact) mass is 371 g/mol. The third-order valence-corrected chi connectivity index (χ3v) is 5.80. The van der Waals surface area contributed by atoms with Crippen molar-refractivity contribution in [2.75, 3.05) is 38.5 Å². The van der Waals surface area contributed by atoms with Crippen LogP contribution in [0.5, 0.6) is 0 Å². The zero-order valence-corrected chi connectivity index (χ0v) is 15.5. The van der Waals surface area contributed by atoms with E-state index in [1.54, 1.807) is 9.80 Å². The Morgan fingerprint density at radius 1 is 1.22 bits per heavy atom. The summed E-state index contributed by atoms with van der Waals surface area (Å²) in [4.78, 5) is 3.18. The molecule has 0 aliphatic carbocycles. The molecule has 2 aromatic rings. The number of hydrogen-bond donors (Lipinski definition) is 3. The number of nitrogens with zero attached hydrogens (tertiary/aromatic N) is 2. The summed E-state index contributed by atoms with van der Waals surface area (Å²) in [7, 11) is 1.88. The molecule has 23 heavy (non-hydrogen) atoms. The highest BCUT2D eigenvalue weighted by molar-refractivity contribution is 7.73. The first kappa shape index (κ1) is 16.9. The molecule has 3 rings (SSSR count). The molecule has 0 radical (unpaired) electrons. The van der Waals surface area contributed by atoms with E-state index in [1.165, 1.54) is 30.0 Å². The second kappa shape index (κ2) is 7.72. The number of piperazine rings is 1. The average Bonchev–Trinajstić information content (AvgIpc) is 2.92. The van der Waals surface area contributed by atoms with E-state index >= 15 is 0 Å². The molecule has 3 N–H and O–H groups in total. The number of halogens is 1. The largest absolute Gasteiger partial charge is 0.363 e. The van der Waals surface area contributed by atoms with Crippen molar-refractivity contribution in [3.63, 3.8) is 0 Å². The van der Waals surface area contributed by atoms with Gasteiger partial charge in [-0.2, -0.15) is 4.68 Å². The first-order valence-electron chi connectivity index (χ1n) is 7.81. The van der Waals surface area contributed by atoms with Crippen LogP contribution >= 0.6 is 35.2 Å². The second-order valence-electron chi connectivity index (χ2n) is 5.88. The Morgan fingerprint density at radius 3 is 2.48 bits per heavy atom. The summed E-state index contributed by atoms with van der Waals surface area (Å²) >= 11 is 12.9. The summed E-state index contributed by atoms with van der Waals surface area (Å²) in [6, 6.07) is 8.20. The molecule has 1 fully saturated rings. The van der Waals surface area contributed by atoms with Crippen LogP contribution in [-0.2, 0) is 13.2 Å². The summed E-state index contributed by atoms with van der Waals surface area (Å²) in [6.45, 7) is 6.59. The van der Waals surface area contributed by atoms with Gasteiger partial charge in [0.1, 0.15) is 32.7 Å². The maximum atomic E-state index is 5.95. The molecule has 0 bridgehead atoms. The normalized spacial score (nSPS) is 21.3. The Kier molecular flexibility index (Phi) is 5.66. The van der Waals surface area contributed by atoms with E-state index in [0.29, 0.717) is 0 Å². The van der Waals surface area contributed by atoms with E-state index in [-0.39, 0.29) is 0 Å².